The van der Waals surface area contributed by atoms with E-state index in [9.17, 15) is 0 Å². The monoisotopic (exact) mass is 174 g/mol. The van der Waals surface area contributed by atoms with E-state index in [1.807, 2.05) is 6.07 Å². The zero-order chi connectivity index (χ0) is 8.29. The van der Waals surface area contributed by atoms with Crippen molar-refractivity contribution in [1.29, 1.82) is 0 Å². The summed E-state index contributed by atoms with van der Waals surface area (Å²) in [7, 11) is 0. The first-order chi connectivity index (χ1) is 5.79. The van der Waals surface area contributed by atoms with Crippen LogP contribution >= 0.6 is 11.6 Å². The van der Waals surface area contributed by atoms with Gasteiger partial charge in [0.1, 0.15) is 0 Å². The summed E-state index contributed by atoms with van der Waals surface area (Å²) in [6, 6.07) is 8.35. The largest absolute Gasteiger partial charge is 0.0837 e. The van der Waals surface area contributed by atoms with Crippen LogP contribution in [0.4, 0.5) is 0 Å². The Bertz CT molecular complexity index is 498. The molecule has 0 aliphatic heterocycles. The van der Waals surface area contributed by atoms with Crippen LogP contribution in [0.25, 0.3) is 21.9 Å². The lowest BCUT2D eigenvalue weighted by molar-refractivity contribution is 1.54. The molecule has 3 rings (SSSR count). The van der Waals surface area contributed by atoms with Crippen LogP contribution in [0.1, 0.15) is 5.56 Å². The SMILES string of the molecule is Cc1cc(Cl)c2cccc3c2c1-3. The van der Waals surface area contributed by atoms with Crippen LogP contribution in [0.2, 0.25) is 5.02 Å². The van der Waals surface area contributed by atoms with Crippen LogP contribution in [0.15, 0.2) is 24.3 Å². The molecule has 0 atom stereocenters. The van der Waals surface area contributed by atoms with Gasteiger partial charge in [-0.2, -0.15) is 0 Å². The highest BCUT2D eigenvalue weighted by atomic mass is 35.5. The molecule has 0 unspecified atom stereocenters. The number of fused-ring (bicyclic) bond motifs is 1. The molecule has 0 spiro atoms. The number of halogens is 1. The van der Waals surface area contributed by atoms with Gasteiger partial charge in [0, 0.05) is 10.4 Å². The first-order valence-electron chi connectivity index (χ1n) is 4.01. The molecule has 0 N–H and O–H groups in total. The molecule has 0 saturated carbocycles. The average Bonchev–Trinajstić information content (AvgIpc) is 2.75. The second kappa shape index (κ2) is 1.83. The van der Waals surface area contributed by atoms with E-state index in [2.05, 4.69) is 25.1 Å². The minimum absolute atomic E-state index is 0.880. The summed E-state index contributed by atoms with van der Waals surface area (Å²) in [6.07, 6.45) is 0. The maximum absolute atomic E-state index is 6.09. The fourth-order valence-electron chi connectivity index (χ4n) is 1.92. The number of hydrogen-bond donors (Lipinski definition) is 0. The van der Waals surface area contributed by atoms with Crippen molar-refractivity contribution < 1.29 is 0 Å². The van der Waals surface area contributed by atoms with Crippen molar-refractivity contribution in [3.05, 3.63) is 34.9 Å². The Morgan fingerprint density at radius 1 is 1.25 bits per heavy atom. The molecule has 0 radical (unpaired) electrons. The Labute approximate surface area is 75.8 Å². The number of aryl methyl sites for hydroxylation is 1. The fraction of sp³-hybridized carbons (Fsp3) is 0.0909. The molecule has 0 fully saturated rings. The van der Waals surface area contributed by atoms with Crippen molar-refractivity contribution in [3.8, 4) is 11.1 Å². The van der Waals surface area contributed by atoms with Crippen molar-refractivity contribution in [2.45, 2.75) is 6.92 Å². The first-order valence-corrected chi connectivity index (χ1v) is 4.39. The Hall–Kier alpha value is -1.01. The van der Waals surface area contributed by atoms with Crippen LogP contribution in [0, 0.1) is 6.92 Å². The molecule has 0 aromatic heterocycles. The molecule has 0 nitrogen and oxygen atoms in total. The van der Waals surface area contributed by atoms with Gasteiger partial charge >= 0.3 is 0 Å². The molecule has 1 aliphatic carbocycles. The lowest BCUT2D eigenvalue weighted by atomic mass is 10.2. The molecule has 0 bridgehead atoms. The van der Waals surface area contributed by atoms with E-state index in [1.165, 1.54) is 27.5 Å². The van der Waals surface area contributed by atoms with Crippen LogP contribution in [-0.4, -0.2) is 0 Å². The van der Waals surface area contributed by atoms with Gasteiger partial charge in [-0.3, -0.25) is 0 Å². The Morgan fingerprint density at radius 3 is 2.92 bits per heavy atom. The van der Waals surface area contributed by atoms with E-state index in [4.69, 9.17) is 11.6 Å². The molecule has 1 heteroatoms. The molecule has 0 saturated heterocycles. The molecule has 0 amide bonds. The Balaban J connectivity index is 2.59. The van der Waals surface area contributed by atoms with Crippen LogP contribution in [0.5, 0.6) is 0 Å². The summed E-state index contributed by atoms with van der Waals surface area (Å²) < 4.78 is 0. The summed E-state index contributed by atoms with van der Waals surface area (Å²) >= 11 is 6.09. The standard InChI is InChI=1S/C11H7Cl/c1-6-5-9(12)7-3-2-4-8-10(6)11(7)8/h2-5H,1H3. The minimum atomic E-state index is 0.880. The van der Waals surface area contributed by atoms with Gasteiger partial charge in [0.2, 0.25) is 0 Å². The van der Waals surface area contributed by atoms with Crippen molar-refractivity contribution in [2.75, 3.05) is 0 Å². The molecule has 12 heavy (non-hydrogen) atoms. The average molecular weight is 175 g/mol. The summed E-state index contributed by atoms with van der Waals surface area (Å²) in [5, 5.41) is 3.46. The highest BCUT2D eigenvalue weighted by Gasteiger charge is 2.24. The molecule has 58 valence electrons. The van der Waals surface area contributed by atoms with E-state index in [0.29, 0.717) is 0 Å². The van der Waals surface area contributed by atoms with Crippen molar-refractivity contribution >= 4 is 22.4 Å². The maximum Gasteiger partial charge on any atom is 0.0487 e. The molecule has 2 aromatic carbocycles. The maximum atomic E-state index is 6.09. The highest BCUT2D eigenvalue weighted by molar-refractivity contribution is 6.39. The molecular weight excluding hydrogens is 168 g/mol. The quantitative estimate of drug-likeness (QED) is 0.487. The summed E-state index contributed by atoms with van der Waals surface area (Å²) in [6.45, 7) is 2.11. The summed E-state index contributed by atoms with van der Waals surface area (Å²) in [4.78, 5) is 0. The van der Waals surface area contributed by atoms with Gasteiger partial charge in [-0.15, -0.1) is 0 Å². The van der Waals surface area contributed by atoms with E-state index >= 15 is 0 Å². The third-order valence-corrected chi connectivity index (χ3v) is 2.83. The zero-order valence-corrected chi connectivity index (χ0v) is 7.44. The Kier molecular flexibility index (Phi) is 0.993. The normalized spacial score (nSPS) is 12.2. The van der Waals surface area contributed by atoms with Gasteiger partial charge in [-0.05, 0) is 35.1 Å². The van der Waals surface area contributed by atoms with Crippen LogP contribution in [0.3, 0.4) is 0 Å². The van der Waals surface area contributed by atoms with Gasteiger partial charge in [-0.25, -0.2) is 0 Å². The van der Waals surface area contributed by atoms with Crippen LogP contribution < -0.4 is 0 Å². The van der Waals surface area contributed by atoms with Gasteiger partial charge in [-0.1, -0.05) is 29.8 Å². The predicted molar refractivity (Wildman–Crippen MR) is 52.7 cm³/mol. The molecule has 2 aromatic rings. The number of rotatable bonds is 0. The topological polar surface area (TPSA) is 0 Å². The molecular formula is C11H7Cl. The van der Waals surface area contributed by atoms with E-state index in [1.54, 1.807) is 0 Å². The number of benzene rings is 2. The fourth-order valence-corrected chi connectivity index (χ4v) is 2.24. The lowest BCUT2D eigenvalue weighted by Crippen LogP contribution is -1.68. The summed E-state index contributed by atoms with van der Waals surface area (Å²) in [5.41, 5.74) is 4.10. The number of hydrogen-bond acceptors (Lipinski definition) is 0. The second-order valence-electron chi connectivity index (χ2n) is 3.28. The van der Waals surface area contributed by atoms with Gasteiger partial charge in [0.25, 0.3) is 0 Å². The van der Waals surface area contributed by atoms with Gasteiger partial charge in [0.05, 0.1) is 0 Å². The predicted octanol–water partition coefficient (Wildman–Crippen LogP) is 3.78. The third-order valence-electron chi connectivity index (χ3n) is 2.52. The Morgan fingerprint density at radius 2 is 2.08 bits per heavy atom. The van der Waals surface area contributed by atoms with E-state index < -0.39 is 0 Å². The first kappa shape index (κ1) is 6.50. The smallest absolute Gasteiger partial charge is 0.0487 e. The van der Waals surface area contributed by atoms with Crippen molar-refractivity contribution in [2.24, 2.45) is 0 Å². The van der Waals surface area contributed by atoms with E-state index in [-0.39, 0.29) is 0 Å². The van der Waals surface area contributed by atoms with Crippen molar-refractivity contribution in [3.63, 3.8) is 0 Å². The zero-order valence-electron chi connectivity index (χ0n) is 6.69. The minimum Gasteiger partial charge on any atom is -0.0837 e. The molecule has 1 aliphatic rings. The van der Waals surface area contributed by atoms with E-state index in [0.717, 1.165) is 5.02 Å². The third kappa shape index (κ3) is 0.598. The molecule has 0 heterocycles. The lowest BCUT2D eigenvalue weighted by Gasteiger charge is -1.93. The van der Waals surface area contributed by atoms with Crippen LogP contribution in [-0.2, 0) is 0 Å². The van der Waals surface area contributed by atoms with Gasteiger partial charge < -0.3 is 0 Å². The second-order valence-corrected chi connectivity index (χ2v) is 3.69. The highest BCUT2D eigenvalue weighted by Crippen LogP contribution is 2.51. The van der Waals surface area contributed by atoms with Crippen molar-refractivity contribution in [1.82, 2.24) is 0 Å². The summed E-state index contributed by atoms with van der Waals surface area (Å²) in [5.74, 6) is 0. The van der Waals surface area contributed by atoms with Gasteiger partial charge in [0.15, 0.2) is 0 Å².